The first kappa shape index (κ1) is 29.5. The van der Waals surface area contributed by atoms with Gasteiger partial charge in [-0.2, -0.15) is 4.98 Å². The number of carbonyl (C=O) groups excluding carboxylic acids is 2. The number of methoxy groups -OCH3 is 2. The van der Waals surface area contributed by atoms with Gasteiger partial charge in [0.05, 0.1) is 48.3 Å². The van der Waals surface area contributed by atoms with Crippen LogP contribution in [0.5, 0.6) is 17.4 Å². The van der Waals surface area contributed by atoms with Crippen LogP contribution in [-0.2, 0) is 4.74 Å². The van der Waals surface area contributed by atoms with Gasteiger partial charge in [-0.25, -0.2) is 9.37 Å². The monoisotopic (exact) mass is 598 g/mol. The lowest BCUT2D eigenvalue weighted by Crippen LogP contribution is -2.53. The van der Waals surface area contributed by atoms with Crippen LogP contribution in [0.25, 0.3) is 0 Å². The number of hydrogen-bond acceptors (Lipinski definition) is 9. The number of likely N-dealkylation sites (tertiary alicyclic amines) is 1. The van der Waals surface area contributed by atoms with Gasteiger partial charge in [0.25, 0.3) is 11.8 Å². The standard InChI is InChI=1S/C29H32ClFN6O5/c1-15-16-7-6-8-22(25(16)28(39)37(15)3)42-27-18(30)13-32-29(35-27)34-21-12-19(31)17(11-23(21)40-4)26(38)33-20-9-10-36(2)14-24(20)41-5/h6-8,11-13,15,20,24H,9-10,14H2,1-5H3,(H,33,38)(H,32,34,35)/t15-,20?,24-/m0/s1. The Bertz CT molecular complexity index is 1520. The number of amides is 2. The fourth-order valence-electron chi connectivity index (χ4n) is 5.19. The molecule has 0 radical (unpaired) electrons. The van der Waals surface area contributed by atoms with Gasteiger partial charge in [-0.05, 0) is 44.6 Å². The molecule has 2 amide bonds. The topological polar surface area (TPSA) is 118 Å². The molecule has 2 aliphatic rings. The predicted molar refractivity (Wildman–Crippen MR) is 154 cm³/mol. The number of nitrogens with one attached hydrogen (secondary N) is 2. The van der Waals surface area contributed by atoms with Crippen LogP contribution in [0, 0.1) is 5.82 Å². The van der Waals surface area contributed by atoms with Crippen molar-refractivity contribution in [3.8, 4) is 17.4 Å². The van der Waals surface area contributed by atoms with Crippen molar-refractivity contribution in [1.29, 1.82) is 0 Å². The minimum absolute atomic E-state index is 0.00108. The summed E-state index contributed by atoms with van der Waals surface area (Å²) in [6.45, 7) is 3.37. The van der Waals surface area contributed by atoms with Gasteiger partial charge in [0, 0.05) is 26.8 Å². The second kappa shape index (κ2) is 12.1. The van der Waals surface area contributed by atoms with Crippen molar-refractivity contribution in [2.24, 2.45) is 0 Å². The van der Waals surface area contributed by atoms with Gasteiger partial charge in [0.1, 0.15) is 22.3 Å². The van der Waals surface area contributed by atoms with Gasteiger partial charge in [-0.3, -0.25) is 9.59 Å². The number of likely N-dealkylation sites (N-methyl/N-ethyl adjacent to an activating group) is 1. The van der Waals surface area contributed by atoms with Crippen molar-refractivity contribution in [3.05, 3.63) is 64.1 Å². The molecular formula is C29H32ClFN6O5. The van der Waals surface area contributed by atoms with Gasteiger partial charge < -0.3 is 34.6 Å². The smallest absolute Gasteiger partial charge is 0.258 e. The second-order valence-electron chi connectivity index (χ2n) is 10.3. The minimum atomic E-state index is -0.764. The fraction of sp³-hybridized carbons (Fsp3) is 0.379. The van der Waals surface area contributed by atoms with Crippen molar-refractivity contribution < 1.29 is 28.2 Å². The summed E-state index contributed by atoms with van der Waals surface area (Å²) in [4.78, 5) is 38.1. The van der Waals surface area contributed by atoms with Crippen LogP contribution in [-0.4, -0.2) is 85.1 Å². The normalized spacial score (nSPS) is 20.3. The molecule has 13 heteroatoms. The van der Waals surface area contributed by atoms with Crippen LogP contribution < -0.4 is 20.1 Å². The molecule has 1 saturated heterocycles. The zero-order valence-corrected chi connectivity index (χ0v) is 24.7. The second-order valence-corrected chi connectivity index (χ2v) is 10.7. The molecule has 2 N–H and O–H groups in total. The molecule has 0 aliphatic carbocycles. The average Bonchev–Trinajstić information content (AvgIpc) is 3.20. The Morgan fingerprint density at radius 3 is 2.71 bits per heavy atom. The number of hydrogen-bond donors (Lipinski definition) is 2. The molecule has 42 heavy (non-hydrogen) atoms. The molecule has 1 fully saturated rings. The van der Waals surface area contributed by atoms with E-state index in [4.69, 9.17) is 25.8 Å². The molecule has 0 saturated carbocycles. The molecule has 1 unspecified atom stereocenters. The van der Waals surface area contributed by atoms with Crippen molar-refractivity contribution >= 4 is 35.1 Å². The highest BCUT2D eigenvalue weighted by Gasteiger charge is 2.34. The fourth-order valence-corrected chi connectivity index (χ4v) is 5.32. The molecule has 0 spiro atoms. The Hall–Kier alpha value is -4.00. The van der Waals surface area contributed by atoms with Crippen LogP contribution in [0.2, 0.25) is 5.02 Å². The number of ether oxygens (including phenoxy) is 3. The number of rotatable bonds is 8. The lowest BCUT2D eigenvalue weighted by molar-refractivity contribution is 0.0141. The number of carbonyl (C=O) groups is 2. The quantitative estimate of drug-likeness (QED) is 0.389. The summed E-state index contributed by atoms with van der Waals surface area (Å²) in [5.74, 6) is -0.981. The molecule has 2 aromatic carbocycles. The molecule has 3 atom stereocenters. The van der Waals surface area contributed by atoms with E-state index in [1.54, 1.807) is 31.2 Å². The number of piperidine rings is 1. The zero-order chi connectivity index (χ0) is 30.1. The van der Waals surface area contributed by atoms with E-state index in [0.29, 0.717) is 24.3 Å². The molecule has 222 valence electrons. The van der Waals surface area contributed by atoms with E-state index in [1.165, 1.54) is 19.4 Å². The summed E-state index contributed by atoms with van der Waals surface area (Å²) in [7, 11) is 6.70. The van der Waals surface area contributed by atoms with Crippen molar-refractivity contribution in [3.63, 3.8) is 0 Å². The third-order valence-electron chi connectivity index (χ3n) is 7.70. The predicted octanol–water partition coefficient (Wildman–Crippen LogP) is 4.41. The summed E-state index contributed by atoms with van der Waals surface area (Å²) in [5.41, 5.74) is 1.28. The van der Waals surface area contributed by atoms with Gasteiger partial charge in [-0.15, -0.1) is 0 Å². The lowest BCUT2D eigenvalue weighted by atomic mass is 10.0. The Kier molecular flexibility index (Phi) is 8.48. The number of benzene rings is 2. The maximum Gasteiger partial charge on any atom is 0.258 e. The minimum Gasteiger partial charge on any atom is -0.495 e. The molecular weight excluding hydrogens is 567 g/mol. The van der Waals surface area contributed by atoms with E-state index < -0.39 is 11.7 Å². The number of fused-ring (bicyclic) bond motifs is 1. The van der Waals surface area contributed by atoms with Crippen LogP contribution >= 0.6 is 11.6 Å². The van der Waals surface area contributed by atoms with E-state index in [1.807, 2.05) is 20.0 Å². The average molecular weight is 599 g/mol. The van der Waals surface area contributed by atoms with E-state index in [9.17, 15) is 9.59 Å². The van der Waals surface area contributed by atoms with E-state index >= 15 is 4.39 Å². The molecule has 2 aliphatic heterocycles. The molecule has 3 heterocycles. The summed E-state index contributed by atoms with van der Waals surface area (Å²) in [6.07, 6.45) is 1.79. The van der Waals surface area contributed by atoms with Gasteiger partial charge in [0.15, 0.2) is 0 Å². The number of anilines is 2. The third-order valence-corrected chi connectivity index (χ3v) is 7.96. The Morgan fingerprint density at radius 1 is 1.19 bits per heavy atom. The van der Waals surface area contributed by atoms with E-state index in [-0.39, 0.29) is 57.9 Å². The summed E-state index contributed by atoms with van der Waals surface area (Å²) in [6, 6.07) is 7.41. The molecule has 5 rings (SSSR count). The van der Waals surface area contributed by atoms with Crippen molar-refractivity contribution in [2.75, 3.05) is 46.7 Å². The maximum atomic E-state index is 15.3. The Labute approximate surface area is 247 Å². The van der Waals surface area contributed by atoms with E-state index in [0.717, 1.165) is 18.2 Å². The first-order valence-corrected chi connectivity index (χ1v) is 13.8. The lowest BCUT2D eigenvalue weighted by Gasteiger charge is -2.36. The molecule has 0 bridgehead atoms. The number of halogens is 2. The molecule has 1 aromatic heterocycles. The summed E-state index contributed by atoms with van der Waals surface area (Å²) in [5, 5.41) is 5.90. The van der Waals surface area contributed by atoms with Crippen LogP contribution in [0.3, 0.4) is 0 Å². The van der Waals surface area contributed by atoms with Crippen molar-refractivity contribution in [1.82, 2.24) is 25.1 Å². The molecule has 11 nitrogen and oxygen atoms in total. The highest BCUT2D eigenvalue weighted by atomic mass is 35.5. The third kappa shape index (κ3) is 5.69. The number of nitrogens with zero attached hydrogens (tertiary/aromatic N) is 4. The largest absolute Gasteiger partial charge is 0.495 e. The first-order valence-electron chi connectivity index (χ1n) is 13.4. The first-order chi connectivity index (χ1) is 20.1. The Balaban J connectivity index is 1.36. The molecule has 3 aromatic rings. The summed E-state index contributed by atoms with van der Waals surface area (Å²) >= 11 is 6.33. The highest BCUT2D eigenvalue weighted by Crippen LogP contribution is 2.40. The van der Waals surface area contributed by atoms with Gasteiger partial charge in [-0.1, -0.05) is 23.7 Å². The number of aromatic nitrogens is 2. The highest BCUT2D eigenvalue weighted by molar-refractivity contribution is 6.31. The van der Waals surface area contributed by atoms with Crippen LogP contribution in [0.15, 0.2) is 36.5 Å². The van der Waals surface area contributed by atoms with Crippen LogP contribution in [0.4, 0.5) is 16.0 Å². The maximum absolute atomic E-state index is 15.3. The van der Waals surface area contributed by atoms with E-state index in [2.05, 4.69) is 25.5 Å². The van der Waals surface area contributed by atoms with Gasteiger partial charge >= 0.3 is 0 Å². The van der Waals surface area contributed by atoms with Gasteiger partial charge in [0.2, 0.25) is 11.8 Å². The van der Waals surface area contributed by atoms with Crippen LogP contribution in [0.1, 0.15) is 45.7 Å². The Morgan fingerprint density at radius 2 is 1.98 bits per heavy atom. The SMILES string of the molecule is COc1cc(C(=O)NC2CCN(C)C[C@@H]2OC)c(F)cc1Nc1ncc(Cl)c(Oc2cccc3c2C(=O)N(C)[C@H]3C)n1. The van der Waals surface area contributed by atoms with Crippen molar-refractivity contribution in [2.45, 2.75) is 31.5 Å². The zero-order valence-electron chi connectivity index (χ0n) is 23.9. The summed E-state index contributed by atoms with van der Waals surface area (Å²) < 4.78 is 32.2.